The van der Waals surface area contributed by atoms with Crippen LogP contribution in [0.15, 0.2) is 35.5 Å². The van der Waals surface area contributed by atoms with Crippen molar-refractivity contribution < 1.29 is 4.58 Å². The highest BCUT2D eigenvalue weighted by molar-refractivity contribution is 6.75. The summed E-state index contributed by atoms with van der Waals surface area (Å²) < 4.78 is 1.84. The monoisotopic (exact) mass is 271 g/mol. The average Bonchev–Trinajstić information content (AvgIpc) is 2.30. The predicted octanol–water partition coefficient (Wildman–Crippen LogP) is 3.07. The van der Waals surface area contributed by atoms with Gasteiger partial charge in [0.05, 0.1) is 0 Å². The van der Waals surface area contributed by atoms with Gasteiger partial charge < -0.3 is 4.90 Å². The van der Waals surface area contributed by atoms with Gasteiger partial charge in [0.1, 0.15) is 24.8 Å². The van der Waals surface area contributed by atoms with Crippen LogP contribution in [-0.2, 0) is 0 Å². The van der Waals surface area contributed by atoms with E-state index in [0.29, 0.717) is 10.3 Å². The van der Waals surface area contributed by atoms with Gasteiger partial charge in [0.2, 0.25) is 0 Å². The number of halogens is 2. The minimum Gasteiger partial charge on any atom is -0.368 e. The van der Waals surface area contributed by atoms with E-state index in [1.165, 1.54) is 0 Å². The predicted molar refractivity (Wildman–Crippen MR) is 75.9 cm³/mol. The third kappa shape index (κ3) is 3.48. The highest BCUT2D eigenvalue weighted by Gasteiger charge is 2.19. The molecule has 0 aliphatic carbocycles. The van der Waals surface area contributed by atoms with Gasteiger partial charge in [-0.3, -0.25) is 0 Å². The Bertz CT molecular complexity index is 444. The molecule has 0 aliphatic rings. The molecule has 17 heavy (non-hydrogen) atoms. The van der Waals surface area contributed by atoms with Crippen LogP contribution in [0.2, 0.25) is 0 Å². The van der Waals surface area contributed by atoms with Crippen LogP contribution < -0.4 is 0 Å². The lowest BCUT2D eigenvalue weighted by Crippen LogP contribution is -2.16. The van der Waals surface area contributed by atoms with Gasteiger partial charge in [-0.2, -0.15) is 0 Å². The zero-order chi connectivity index (χ0) is 13.0. The molecular weight excluding hydrogens is 255 g/mol. The van der Waals surface area contributed by atoms with E-state index in [4.69, 9.17) is 23.2 Å². The first-order chi connectivity index (χ1) is 7.95. The second kappa shape index (κ2) is 6.08. The van der Waals surface area contributed by atoms with E-state index in [1.807, 2.05) is 68.0 Å². The van der Waals surface area contributed by atoms with Crippen LogP contribution in [0.5, 0.6) is 0 Å². The second-order valence-electron chi connectivity index (χ2n) is 4.11. The van der Waals surface area contributed by atoms with E-state index in [1.54, 1.807) is 0 Å². The fourth-order valence-corrected chi connectivity index (χ4v) is 1.82. The van der Waals surface area contributed by atoms with Gasteiger partial charge in [-0.25, -0.2) is 4.58 Å². The highest BCUT2D eigenvalue weighted by atomic mass is 35.5. The Morgan fingerprint density at radius 3 is 2.00 bits per heavy atom. The van der Waals surface area contributed by atoms with Crippen molar-refractivity contribution >= 4 is 33.9 Å². The van der Waals surface area contributed by atoms with Gasteiger partial charge in [0.25, 0.3) is 5.17 Å². The van der Waals surface area contributed by atoms with Gasteiger partial charge in [-0.05, 0) is 17.2 Å². The Morgan fingerprint density at radius 2 is 1.59 bits per heavy atom. The summed E-state index contributed by atoms with van der Waals surface area (Å²) in [7, 11) is 7.58. The lowest BCUT2D eigenvalue weighted by Gasteiger charge is -2.15. The van der Waals surface area contributed by atoms with E-state index in [2.05, 4.69) is 0 Å². The highest BCUT2D eigenvalue weighted by Crippen LogP contribution is 2.25. The molecule has 92 valence electrons. The summed E-state index contributed by atoms with van der Waals surface area (Å²) in [5, 5.41) is 1.24. The quantitative estimate of drug-likeness (QED) is 0.465. The van der Waals surface area contributed by atoms with Crippen molar-refractivity contribution in [2.24, 2.45) is 0 Å². The van der Waals surface area contributed by atoms with Crippen molar-refractivity contribution in [2.75, 3.05) is 28.2 Å². The van der Waals surface area contributed by atoms with Gasteiger partial charge in [-0.1, -0.05) is 41.9 Å². The van der Waals surface area contributed by atoms with Crippen LogP contribution in [0.25, 0.3) is 5.57 Å². The normalized spacial score (nSPS) is 11.9. The molecule has 0 amide bonds. The summed E-state index contributed by atoms with van der Waals surface area (Å²) in [6.45, 7) is 0. The van der Waals surface area contributed by atoms with Gasteiger partial charge in [0, 0.05) is 14.1 Å². The maximum atomic E-state index is 6.33. The number of allylic oxidation sites excluding steroid dienone is 1. The largest absolute Gasteiger partial charge is 0.368 e. The molecule has 0 saturated heterocycles. The molecule has 4 heteroatoms. The number of benzene rings is 1. The summed E-state index contributed by atoms with van der Waals surface area (Å²) in [4.78, 5) is 1.84. The molecule has 0 fully saturated rings. The molecule has 0 unspecified atom stereocenters. The molecule has 1 rings (SSSR count). The molecule has 0 spiro atoms. The van der Waals surface area contributed by atoms with Gasteiger partial charge in [-0.15, -0.1) is 0 Å². The molecule has 2 nitrogen and oxygen atoms in total. The Morgan fingerprint density at radius 1 is 1.06 bits per heavy atom. The van der Waals surface area contributed by atoms with Crippen LogP contribution >= 0.6 is 23.2 Å². The lowest BCUT2D eigenvalue weighted by atomic mass is 10.1. The molecule has 0 heterocycles. The molecule has 0 aliphatic heterocycles. The van der Waals surface area contributed by atoms with E-state index in [-0.39, 0.29) is 0 Å². The van der Waals surface area contributed by atoms with Crippen molar-refractivity contribution in [1.29, 1.82) is 0 Å². The van der Waals surface area contributed by atoms with E-state index < -0.39 is 0 Å². The molecule has 0 bridgehead atoms. The fourth-order valence-electron chi connectivity index (χ4n) is 1.38. The maximum absolute atomic E-state index is 6.33. The molecule has 0 atom stereocenters. The fraction of sp³-hybridized carbons (Fsp3) is 0.308. The smallest absolute Gasteiger partial charge is 0.280 e. The van der Waals surface area contributed by atoms with E-state index in [9.17, 15) is 0 Å². The Labute approximate surface area is 113 Å². The van der Waals surface area contributed by atoms with Gasteiger partial charge >= 0.3 is 0 Å². The molecule has 0 saturated carbocycles. The standard InChI is InChI=1S/C13H17Cl2N2/c1-16(2)12(14)11(13(15)17(3)4)10-8-6-5-7-9-10/h5-9H,1-4H3/q+1. The Balaban J connectivity index is 3.43. The number of nitrogens with zero attached hydrogens (tertiary/aromatic N) is 2. The minimum atomic E-state index is 0.620. The Kier molecular flexibility index (Phi) is 5.03. The topological polar surface area (TPSA) is 6.25 Å². The van der Waals surface area contributed by atoms with Crippen molar-refractivity contribution in [3.05, 3.63) is 41.1 Å². The average molecular weight is 272 g/mol. The van der Waals surface area contributed by atoms with E-state index in [0.717, 1.165) is 11.1 Å². The minimum absolute atomic E-state index is 0.620. The molecule has 0 N–H and O–H groups in total. The zero-order valence-corrected chi connectivity index (χ0v) is 12.0. The van der Waals surface area contributed by atoms with Crippen molar-refractivity contribution in [3.63, 3.8) is 0 Å². The van der Waals surface area contributed by atoms with E-state index >= 15 is 0 Å². The summed E-state index contributed by atoms with van der Waals surface area (Å²) in [6.07, 6.45) is 0. The zero-order valence-electron chi connectivity index (χ0n) is 10.5. The van der Waals surface area contributed by atoms with Crippen LogP contribution in [0.3, 0.4) is 0 Å². The third-order valence-corrected chi connectivity index (χ3v) is 3.31. The van der Waals surface area contributed by atoms with Gasteiger partial charge in [0.15, 0.2) is 0 Å². The van der Waals surface area contributed by atoms with Crippen LogP contribution in [0, 0.1) is 0 Å². The van der Waals surface area contributed by atoms with Crippen LogP contribution in [0.4, 0.5) is 0 Å². The first-order valence-corrected chi connectivity index (χ1v) is 6.03. The molecular formula is C13H17Cl2N2+. The molecule has 0 radical (unpaired) electrons. The number of hydrogen-bond donors (Lipinski definition) is 0. The van der Waals surface area contributed by atoms with Crippen LogP contribution in [0.1, 0.15) is 5.56 Å². The number of hydrogen-bond acceptors (Lipinski definition) is 1. The van der Waals surface area contributed by atoms with Crippen molar-refractivity contribution in [1.82, 2.24) is 4.90 Å². The van der Waals surface area contributed by atoms with Crippen molar-refractivity contribution in [2.45, 2.75) is 0 Å². The van der Waals surface area contributed by atoms with Crippen LogP contribution in [-0.4, -0.2) is 42.8 Å². The Hall–Kier alpha value is -0.990. The third-order valence-electron chi connectivity index (χ3n) is 2.26. The maximum Gasteiger partial charge on any atom is 0.280 e. The summed E-state index contributed by atoms with van der Waals surface area (Å²) in [6, 6.07) is 9.89. The summed E-state index contributed by atoms with van der Waals surface area (Å²) in [5.74, 6) is 0. The summed E-state index contributed by atoms with van der Waals surface area (Å²) in [5.41, 5.74) is 1.84. The molecule has 1 aromatic rings. The number of rotatable bonds is 3. The first kappa shape index (κ1) is 14.1. The summed E-state index contributed by atoms with van der Waals surface area (Å²) >= 11 is 12.7. The first-order valence-electron chi connectivity index (χ1n) is 5.27. The molecule has 0 aromatic heterocycles. The SMILES string of the molecule is CN(C)/C(Cl)=C(/C(Cl)=[N+](C)C)c1ccccc1. The second-order valence-corrected chi connectivity index (χ2v) is 4.83. The molecule has 1 aromatic carbocycles. The lowest BCUT2D eigenvalue weighted by molar-refractivity contribution is -0.460. The van der Waals surface area contributed by atoms with Crippen molar-refractivity contribution in [3.8, 4) is 0 Å².